The molecule has 1 aromatic heterocycles. The Morgan fingerprint density at radius 3 is 2.34 bits per heavy atom. The van der Waals surface area contributed by atoms with E-state index in [1.165, 1.54) is 4.31 Å². The smallest absolute Gasteiger partial charge is 0.410 e. The monoisotopic (exact) mass is 470 g/mol. The van der Waals surface area contributed by atoms with Crippen molar-refractivity contribution in [2.75, 3.05) is 39.3 Å². The van der Waals surface area contributed by atoms with Crippen LogP contribution in [0.25, 0.3) is 0 Å². The van der Waals surface area contributed by atoms with Gasteiger partial charge in [0.1, 0.15) is 16.2 Å². The summed E-state index contributed by atoms with van der Waals surface area (Å²) in [4.78, 5) is 29.1. The van der Waals surface area contributed by atoms with Gasteiger partial charge in [0, 0.05) is 39.3 Å². The Kier molecular flexibility index (Phi) is 7.18. The maximum absolute atomic E-state index is 13.2. The largest absolute Gasteiger partial charge is 0.444 e. The molecule has 1 unspecified atom stereocenters. The van der Waals surface area contributed by atoms with Gasteiger partial charge in [-0.15, -0.1) is 0 Å². The standard InChI is InChI=1S/C21H34N4O6S/c1-15-18(16(2)31-22-15)32(28,29)25-11-7-10-23(12-13-25)19(26)17-8-6-9-24(14-17)20(27)30-21(3,4)5/h17H,6-14H2,1-5H3. The molecule has 0 spiro atoms. The molecule has 2 saturated heterocycles. The normalized spacial score (nSPS) is 21.3. The van der Waals surface area contributed by atoms with Crippen LogP contribution in [0.3, 0.4) is 0 Å². The summed E-state index contributed by atoms with van der Waals surface area (Å²) in [5.41, 5.74) is -0.251. The molecular weight excluding hydrogens is 436 g/mol. The van der Waals surface area contributed by atoms with Gasteiger partial charge in [-0.1, -0.05) is 5.16 Å². The Bertz CT molecular complexity index is 932. The first-order chi connectivity index (χ1) is 14.9. The molecule has 32 heavy (non-hydrogen) atoms. The van der Waals surface area contributed by atoms with Crippen LogP contribution in [0.4, 0.5) is 4.79 Å². The Morgan fingerprint density at radius 1 is 1.03 bits per heavy atom. The average Bonchev–Trinajstić information content (AvgIpc) is 2.91. The maximum Gasteiger partial charge on any atom is 0.410 e. The van der Waals surface area contributed by atoms with Crippen molar-refractivity contribution in [3.8, 4) is 0 Å². The van der Waals surface area contributed by atoms with Gasteiger partial charge in [-0.05, 0) is 53.9 Å². The lowest BCUT2D eigenvalue weighted by Gasteiger charge is -2.35. The average molecular weight is 471 g/mol. The van der Waals surface area contributed by atoms with Crippen LogP contribution in [-0.4, -0.2) is 84.5 Å². The van der Waals surface area contributed by atoms with Crippen molar-refractivity contribution in [3.63, 3.8) is 0 Å². The zero-order valence-electron chi connectivity index (χ0n) is 19.6. The summed E-state index contributed by atoms with van der Waals surface area (Å²) >= 11 is 0. The molecule has 2 fully saturated rings. The number of piperidine rings is 1. The summed E-state index contributed by atoms with van der Waals surface area (Å²) in [5.74, 6) is -0.0686. The van der Waals surface area contributed by atoms with Crippen LogP contribution in [0.1, 0.15) is 51.5 Å². The van der Waals surface area contributed by atoms with Gasteiger partial charge in [0.05, 0.1) is 5.92 Å². The predicted molar refractivity (Wildman–Crippen MR) is 116 cm³/mol. The number of hydrogen-bond donors (Lipinski definition) is 0. The Balaban J connectivity index is 1.64. The van der Waals surface area contributed by atoms with Crippen molar-refractivity contribution in [2.45, 2.75) is 64.4 Å². The maximum atomic E-state index is 13.2. The fourth-order valence-corrected chi connectivity index (χ4v) is 6.02. The minimum absolute atomic E-state index is 0.0326. The van der Waals surface area contributed by atoms with E-state index in [0.717, 1.165) is 6.42 Å². The highest BCUT2D eigenvalue weighted by molar-refractivity contribution is 7.89. The van der Waals surface area contributed by atoms with Crippen molar-refractivity contribution in [3.05, 3.63) is 11.5 Å². The highest BCUT2D eigenvalue weighted by Crippen LogP contribution is 2.26. The van der Waals surface area contributed by atoms with Crippen LogP contribution in [0.2, 0.25) is 0 Å². The number of rotatable bonds is 3. The van der Waals surface area contributed by atoms with Crippen LogP contribution in [0.5, 0.6) is 0 Å². The Labute approximate surface area is 189 Å². The van der Waals surface area contributed by atoms with Crippen LogP contribution in [0, 0.1) is 19.8 Å². The highest BCUT2D eigenvalue weighted by atomic mass is 32.2. The first-order valence-electron chi connectivity index (χ1n) is 11.1. The third kappa shape index (κ3) is 5.43. The summed E-state index contributed by atoms with van der Waals surface area (Å²) in [6.45, 7) is 10.9. The number of carbonyl (C=O) groups is 2. The van der Waals surface area contributed by atoms with E-state index in [9.17, 15) is 18.0 Å². The number of sulfonamides is 1. The number of hydrogen-bond acceptors (Lipinski definition) is 7. The molecule has 2 aliphatic heterocycles. The Hall–Kier alpha value is -2.14. The molecule has 11 heteroatoms. The molecular formula is C21H34N4O6S. The van der Waals surface area contributed by atoms with E-state index in [1.54, 1.807) is 23.6 Å². The van der Waals surface area contributed by atoms with Crippen LogP contribution < -0.4 is 0 Å². The van der Waals surface area contributed by atoms with Gasteiger partial charge in [0.15, 0.2) is 5.76 Å². The first-order valence-corrected chi connectivity index (χ1v) is 12.5. The number of likely N-dealkylation sites (tertiary alicyclic amines) is 1. The second kappa shape index (κ2) is 9.38. The molecule has 0 radical (unpaired) electrons. The van der Waals surface area contributed by atoms with E-state index in [-0.39, 0.29) is 29.0 Å². The van der Waals surface area contributed by atoms with Gasteiger partial charge >= 0.3 is 6.09 Å². The molecule has 0 aliphatic carbocycles. The summed E-state index contributed by atoms with van der Waals surface area (Å²) in [6.07, 6.45) is 1.57. The number of ether oxygens (including phenoxy) is 1. The van der Waals surface area contributed by atoms with Crippen molar-refractivity contribution in [1.29, 1.82) is 0 Å². The van der Waals surface area contributed by atoms with E-state index in [1.807, 2.05) is 20.8 Å². The molecule has 0 aromatic carbocycles. The van der Waals surface area contributed by atoms with Crippen molar-refractivity contribution in [2.24, 2.45) is 5.92 Å². The molecule has 0 saturated carbocycles. The molecule has 3 heterocycles. The summed E-state index contributed by atoms with van der Waals surface area (Å²) in [5, 5.41) is 3.76. The number of carbonyl (C=O) groups excluding carboxylic acids is 2. The van der Waals surface area contributed by atoms with Gasteiger partial charge in [-0.3, -0.25) is 4.79 Å². The van der Waals surface area contributed by atoms with Gasteiger partial charge < -0.3 is 19.1 Å². The predicted octanol–water partition coefficient (Wildman–Crippen LogP) is 2.16. The molecule has 180 valence electrons. The second-order valence-electron chi connectivity index (χ2n) is 9.50. The summed E-state index contributed by atoms with van der Waals surface area (Å²) < 4.78 is 38.1. The molecule has 2 aliphatic rings. The van der Waals surface area contributed by atoms with E-state index in [0.29, 0.717) is 51.3 Å². The number of amides is 2. The highest BCUT2D eigenvalue weighted by Gasteiger charge is 2.36. The van der Waals surface area contributed by atoms with E-state index >= 15 is 0 Å². The minimum Gasteiger partial charge on any atom is -0.444 e. The van der Waals surface area contributed by atoms with E-state index in [4.69, 9.17) is 9.26 Å². The fraction of sp³-hybridized carbons (Fsp3) is 0.762. The lowest BCUT2D eigenvalue weighted by Crippen LogP contribution is -2.48. The number of aryl methyl sites for hydroxylation is 2. The zero-order chi connectivity index (χ0) is 23.7. The third-order valence-electron chi connectivity index (χ3n) is 5.75. The quantitative estimate of drug-likeness (QED) is 0.665. The van der Waals surface area contributed by atoms with Crippen molar-refractivity contribution in [1.82, 2.24) is 19.3 Å². The van der Waals surface area contributed by atoms with E-state index in [2.05, 4.69) is 5.16 Å². The van der Waals surface area contributed by atoms with Gasteiger partial charge in [-0.2, -0.15) is 4.31 Å². The SMILES string of the molecule is Cc1noc(C)c1S(=O)(=O)N1CCCN(C(=O)C2CCCN(C(=O)OC(C)(C)C)C2)CC1. The van der Waals surface area contributed by atoms with Crippen LogP contribution in [-0.2, 0) is 19.6 Å². The molecule has 3 rings (SSSR count). The van der Waals surface area contributed by atoms with Crippen molar-refractivity contribution < 1.29 is 27.3 Å². The van der Waals surface area contributed by atoms with Gasteiger partial charge in [0.2, 0.25) is 15.9 Å². The van der Waals surface area contributed by atoms with E-state index < -0.39 is 21.7 Å². The molecule has 0 bridgehead atoms. The lowest BCUT2D eigenvalue weighted by molar-refractivity contribution is -0.137. The molecule has 1 atom stereocenters. The molecule has 10 nitrogen and oxygen atoms in total. The minimum atomic E-state index is -3.75. The molecule has 0 N–H and O–H groups in total. The number of nitrogens with zero attached hydrogens (tertiary/aromatic N) is 4. The Morgan fingerprint density at radius 2 is 1.72 bits per heavy atom. The molecule has 1 aromatic rings. The summed E-state index contributed by atoms with van der Waals surface area (Å²) in [6, 6.07) is 0. The van der Waals surface area contributed by atoms with Gasteiger partial charge in [-0.25, -0.2) is 13.2 Å². The summed E-state index contributed by atoms with van der Waals surface area (Å²) in [7, 11) is -3.75. The second-order valence-corrected chi connectivity index (χ2v) is 11.4. The molecule has 2 amide bonds. The number of aromatic nitrogens is 1. The van der Waals surface area contributed by atoms with Crippen LogP contribution >= 0.6 is 0 Å². The van der Waals surface area contributed by atoms with Gasteiger partial charge in [0.25, 0.3) is 0 Å². The third-order valence-corrected chi connectivity index (χ3v) is 7.90. The zero-order valence-corrected chi connectivity index (χ0v) is 20.4. The first kappa shape index (κ1) is 24.5. The lowest BCUT2D eigenvalue weighted by atomic mass is 9.96. The topological polar surface area (TPSA) is 113 Å². The van der Waals surface area contributed by atoms with Crippen LogP contribution in [0.15, 0.2) is 9.42 Å². The fourth-order valence-electron chi connectivity index (χ4n) is 4.26. The van der Waals surface area contributed by atoms with Crippen molar-refractivity contribution >= 4 is 22.0 Å².